The van der Waals surface area contributed by atoms with Crippen LogP contribution in [0.25, 0.3) is 0 Å². The number of rotatable bonds is 6. The van der Waals surface area contributed by atoms with Gasteiger partial charge in [0.1, 0.15) is 6.04 Å². The molecule has 0 fully saturated rings. The molecule has 104 valence electrons. The summed E-state index contributed by atoms with van der Waals surface area (Å²) in [7, 11) is 2.09. The highest BCUT2D eigenvalue weighted by atomic mass is 16.2. The van der Waals surface area contributed by atoms with Crippen molar-refractivity contribution in [2.75, 3.05) is 30.4 Å². The lowest BCUT2D eigenvalue weighted by Gasteiger charge is -2.20. The molecule has 0 bridgehead atoms. The van der Waals surface area contributed by atoms with Crippen molar-refractivity contribution in [3.8, 4) is 0 Å². The van der Waals surface area contributed by atoms with E-state index in [-0.39, 0.29) is 11.9 Å². The maximum absolute atomic E-state index is 11.9. The summed E-state index contributed by atoms with van der Waals surface area (Å²) < 4.78 is 0. The molecule has 1 atom stereocenters. The van der Waals surface area contributed by atoms with Crippen molar-refractivity contribution in [1.82, 2.24) is 5.32 Å². The van der Waals surface area contributed by atoms with Crippen LogP contribution in [0.4, 0.5) is 11.4 Å². The zero-order chi connectivity index (χ0) is 13.8. The van der Waals surface area contributed by atoms with Crippen LogP contribution in [0.2, 0.25) is 0 Å². The summed E-state index contributed by atoms with van der Waals surface area (Å²) in [6.45, 7) is 6.03. The van der Waals surface area contributed by atoms with Crippen molar-refractivity contribution in [1.29, 1.82) is 0 Å². The molecule has 1 aliphatic heterocycles. The number of fused-ring (bicyclic) bond motifs is 1. The van der Waals surface area contributed by atoms with Gasteiger partial charge < -0.3 is 15.5 Å². The van der Waals surface area contributed by atoms with Crippen LogP contribution in [0, 0.1) is 0 Å². The Labute approximate surface area is 115 Å². The Bertz CT molecular complexity index is 459. The zero-order valence-electron chi connectivity index (χ0n) is 12.0. The van der Waals surface area contributed by atoms with Crippen LogP contribution in [0.5, 0.6) is 0 Å². The van der Waals surface area contributed by atoms with Crippen molar-refractivity contribution < 1.29 is 4.79 Å². The van der Waals surface area contributed by atoms with Gasteiger partial charge in [0.2, 0.25) is 5.91 Å². The van der Waals surface area contributed by atoms with Crippen LogP contribution >= 0.6 is 0 Å². The smallest absolute Gasteiger partial charge is 0.246 e. The number of nitrogens with one attached hydrogen (secondary N) is 2. The molecular weight excluding hydrogens is 238 g/mol. The van der Waals surface area contributed by atoms with E-state index in [1.165, 1.54) is 12.8 Å². The first-order valence-electron chi connectivity index (χ1n) is 7.06. The standard InChI is InChI=1S/C15H23N3O/c1-4-6-9-18(3)11-7-8-12-13(10-11)17-15(19)14(12)16-5-2/h7-8,10,14,16H,4-6,9H2,1-3H3,(H,17,19). The normalized spacial score (nSPS) is 17.2. The van der Waals surface area contributed by atoms with Gasteiger partial charge in [-0.05, 0) is 25.1 Å². The fourth-order valence-corrected chi connectivity index (χ4v) is 2.42. The number of amides is 1. The van der Waals surface area contributed by atoms with Crippen LogP contribution in [0.15, 0.2) is 18.2 Å². The Kier molecular flexibility index (Phi) is 4.43. The molecule has 0 aliphatic carbocycles. The van der Waals surface area contributed by atoms with Crippen molar-refractivity contribution >= 4 is 17.3 Å². The minimum atomic E-state index is -0.199. The maximum atomic E-state index is 11.9. The highest BCUT2D eigenvalue weighted by molar-refractivity contribution is 6.03. The highest BCUT2D eigenvalue weighted by Gasteiger charge is 2.29. The first kappa shape index (κ1) is 13.9. The van der Waals surface area contributed by atoms with E-state index in [0.29, 0.717) is 0 Å². The van der Waals surface area contributed by atoms with Gasteiger partial charge in [-0.15, -0.1) is 0 Å². The Morgan fingerprint density at radius 3 is 2.84 bits per heavy atom. The van der Waals surface area contributed by atoms with Crippen LogP contribution in [-0.4, -0.2) is 26.0 Å². The molecule has 0 radical (unpaired) electrons. The summed E-state index contributed by atoms with van der Waals surface area (Å²) in [5.74, 6) is 0.0465. The number of benzene rings is 1. The van der Waals surface area contributed by atoms with Crippen LogP contribution in [0.3, 0.4) is 0 Å². The third-order valence-electron chi connectivity index (χ3n) is 3.56. The van der Waals surface area contributed by atoms with Crippen molar-refractivity contribution in [2.24, 2.45) is 0 Å². The largest absolute Gasteiger partial charge is 0.375 e. The topological polar surface area (TPSA) is 44.4 Å². The van der Waals surface area contributed by atoms with Crippen LogP contribution in [0.1, 0.15) is 38.3 Å². The number of carbonyl (C=O) groups is 1. The second-order valence-electron chi connectivity index (χ2n) is 5.03. The monoisotopic (exact) mass is 261 g/mol. The maximum Gasteiger partial charge on any atom is 0.246 e. The summed E-state index contributed by atoms with van der Waals surface area (Å²) >= 11 is 0. The number of hydrogen-bond donors (Lipinski definition) is 2. The molecule has 2 rings (SSSR count). The SMILES string of the molecule is CCCCN(C)c1ccc2c(c1)NC(=O)C2NCC. The van der Waals surface area contributed by atoms with Gasteiger partial charge in [0.05, 0.1) is 0 Å². The summed E-state index contributed by atoms with van der Waals surface area (Å²) in [6.07, 6.45) is 2.37. The third kappa shape index (κ3) is 2.89. The first-order valence-corrected chi connectivity index (χ1v) is 7.06. The van der Waals surface area contributed by atoms with Gasteiger partial charge in [-0.3, -0.25) is 4.79 Å². The lowest BCUT2D eigenvalue weighted by Crippen LogP contribution is -2.27. The fraction of sp³-hybridized carbons (Fsp3) is 0.533. The molecule has 2 N–H and O–H groups in total. The second-order valence-corrected chi connectivity index (χ2v) is 5.03. The molecule has 0 saturated heterocycles. The van der Waals surface area contributed by atoms with E-state index in [1.54, 1.807) is 0 Å². The summed E-state index contributed by atoms with van der Waals surface area (Å²) in [5, 5.41) is 6.16. The van der Waals surface area contributed by atoms with Gasteiger partial charge in [0, 0.05) is 30.5 Å². The number of anilines is 2. The minimum absolute atomic E-state index is 0.0465. The van der Waals surface area contributed by atoms with Crippen LogP contribution in [-0.2, 0) is 4.79 Å². The van der Waals surface area contributed by atoms with Gasteiger partial charge in [-0.2, -0.15) is 0 Å². The predicted octanol–water partition coefficient (Wildman–Crippen LogP) is 2.53. The van der Waals surface area contributed by atoms with Gasteiger partial charge in [-0.25, -0.2) is 0 Å². The second kappa shape index (κ2) is 6.06. The molecule has 0 aromatic heterocycles. The molecule has 1 aromatic rings. The van der Waals surface area contributed by atoms with Gasteiger partial charge in [0.15, 0.2) is 0 Å². The van der Waals surface area contributed by atoms with E-state index in [1.807, 2.05) is 6.92 Å². The predicted molar refractivity (Wildman–Crippen MR) is 79.7 cm³/mol. The molecule has 1 aliphatic rings. The number of carbonyl (C=O) groups excluding carboxylic acids is 1. The lowest BCUT2D eigenvalue weighted by atomic mass is 10.1. The lowest BCUT2D eigenvalue weighted by molar-refractivity contribution is -0.117. The average Bonchev–Trinajstić information content (AvgIpc) is 2.72. The first-order chi connectivity index (χ1) is 9.17. The van der Waals surface area contributed by atoms with Gasteiger partial charge in [0.25, 0.3) is 0 Å². The zero-order valence-corrected chi connectivity index (χ0v) is 12.0. The molecule has 1 aromatic carbocycles. The summed E-state index contributed by atoms with van der Waals surface area (Å²) in [5.41, 5.74) is 3.15. The van der Waals surface area contributed by atoms with E-state index in [9.17, 15) is 4.79 Å². The molecule has 1 unspecified atom stereocenters. The minimum Gasteiger partial charge on any atom is -0.375 e. The Hall–Kier alpha value is -1.55. The number of unbranched alkanes of at least 4 members (excludes halogenated alkanes) is 1. The fourth-order valence-electron chi connectivity index (χ4n) is 2.42. The Balaban J connectivity index is 2.17. The van der Waals surface area contributed by atoms with Gasteiger partial charge in [-0.1, -0.05) is 26.3 Å². The summed E-state index contributed by atoms with van der Waals surface area (Å²) in [4.78, 5) is 14.1. The number of hydrogen-bond acceptors (Lipinski definition) is 3. The number of nitrogens with zero attached hydrogens (tertiary/aromatic N) is 1. The number of likely N-dealkylation sites (N-methyl/N-ethyl adjacent to an activating group) is 1. The molecule has 0 spiro atoms. The van der Waals surface area contributed by atoms with Crippen molar-refractivity contribution in [3.05, 3.63) is 23.8 Å². The van der Waals surface area contributed by atoms with E-state index >= 15 is 0 Å². The van der Waals surface area contributed by atoms with Gasteiger partial charge >= 0.3 is 0 Å². The van der Waals surface area contributed by atoms with Crippen LogP contribution < -0.4 is 15.5 Å². The van der Waals surface area contributed by atoms with E-state index in [0.717, 1.165) is 30.0 Å². The van der Waals surface area contributed by atoms with E-state index in [4.69, 9.17) is 0 Å². The molecule has 4 heteroatoms. The van der Waals surface area contributed by atoms with Crippen molar-refractivity contribution in [3.63, 3.8) is 0 Å². The highest BCUT2D eigenvalue weighted by Crippen LogP contribution is 2.33. The average molecular weight is 261 g/mol. The molecule has 1 heterocycles. The third-order valence-corrected chi connectivity index (χ3v) is 3.56. The Morgan fingerprint density at radius 1 is 1.37 bits per heavy atom. The van der Waals surface area contributed by atoms with E-state index in [2.05, 4.69) is 47.7 Å². The summed E-state index contributed by atoms with van der Waals surface area (Å²) in [6, 6.07) is 6.02. The molecule has 4 nitrogen and oxygen atoms in total. The molecular formula is C15H23N3O. The molecule has 0 saturated carbocycles. The molecule has 1 amide bonds. The Morgan fingerprint density at radius 2 is 2.16 bits per heavy atom. The van der Waals surface area contributed by atoms with Crippen molar-refractivity contribution in [2.45, 2.75) is 32.7 Å². The van der Waals surface area contributed by atoms with E-state index < -0.39 is 0 Å². The molecule has 19 heavy (non-hydrogen) atoms. The quantitative estimate of drug-likeness (QED) is 0.827.